The Morgan fingerprint density at radius 3 is 2.58 bits per heavy atom. The van der Waals surface area contributed by atoms with E-state index in [1.165, 1.54) is 5.56 Å². The van der Waals surface area contributed by atoms with Crippen LogP contribution in [0.3, 0.4) is 0 Å². The molecule has 1 saturated heterocycles. The summed E-state index contributed by atoms with van der Waals surface area (Å²) in [4.78, 5) is 14.4. The number of aromatic nitrogens is 3. The van der Waals surface area contributed by atoms with Crippen LogP contribution in [0.25, 0.3) is 0 Å². The molecule has 2 heterocycles. The first kappa shape index (κ1) is 16.6. The average Bonchev–Trinajstić information content (AvgIpc) is 2.98. The molecule has 0 saturated carbocycles. The molecule has 6 nitrogen and oxygen atoms in total. The fraction of sp³-hybridized carbons (Fsp3) is 0.500. The number of benzene rings is 1. The third kappa shape index (κ3) is 3.48. The standard InChI is InChI=1S/C18H25N5O/c1-13-4-6-15(7-5-13)12-22(3)18(24)17-14(2)23(21-20-17)16-8-10-19-11-9-16/h4-7,16,19H,8-12H2,1-3H3. The SMILES string of the molecule is Cc1ccc(CN(C)C(=O)c2nnn(C3CCNCC3)c2C)cc1. The van der Waals surface area contributed by atoms with E-state index < -0.39 is 0 Å². The summed E-state index contributed by atoms with van der Waals surface area (Å²) in [5, 5.41) is 11.8. The van der Waals surface area contributed by atoms with E-state index in [1.807, 2.05) is 18.7 Å². The fourth-order valence-corrected chi connectivity index (χ4v) is 3.16. The highest BCUT2D eigenvalue weighted by atomic mass is 16.2. The van der Waals surface area contributed by atoms with Crippen LogP contribution in [0.1, 0.15) is 46.2 Å². The van der Waals surface area contributed by atoms with Crippen LogP contribution in [0.5, 0.6) is 0 Å². The zero-order chi connectivity index (χ0) is 17.1. The summed E-state index contributed by atoms with van der Waals surface area (Å²) in [6.45, 7) is 6.54. The first-order valence-electron chi connectivity index (χ1n) is 8.50. The number of hydrogen-bond acceptors (Lipinski definition) is 4. The lowest BCUT2D eigenvalue weighted by atomic mass is 10.1. The molecule has 1 amide bonds. The zero-order valence-electron chi connectivity index (χ0n) is 14.6. The van der Waals surface area contributed by atoms with Crippen molar-refractivity contribution < 1.29 is 4.79 Å². The van der Waals surface area contributed by atoms with Crippen LogP contribution in [0, 0.1) is 13.8 Å². The van der Waals surface area contributed by atoms with Gasteiger partial charge in [-0.1, -0.05) is 35.0 Å². The first-order valence-corrected chi connectivity index (χ1v) is 8.50. The predicted molar refractivity (Wildman–Crippen MR) is 92.9 cm³/mol. The van der Waals surface area contributed by atoms with Crippen molar-refractivity contribution in [2.45, 2.75) is 39.3 Å². The highest BCUT2D eigenvalue weighted by Gasteiger charge is 2.24. The molecule has 1 aliphatic rings. The topological polar surface area (TPSA) is 63.1 Å². The van der Waals surface area contributed by atoms with Gasteiger partial charge in [-0.25, -0.2) is 4.68 Å². The van der Waals surface area contributed by atoms with Crippen LogP contribution in [-0.4, -0.2) is 45.9 Å². The fourth-order valence-electron chi connectivity index (χ4n) is 3.16. The lowest BCUT2D eigenvalue weighted by Gasteiger charge is -2.23. The average molecular weight is 327 g/mol. The molecule has 0 atom stereocenters. The first-order chi connectivity index (χ1) is 11.6. The van der Waals surface area contributed by atoms with Gasteiger partial charge in [-0.15, -0.1) is 5.10 Å². The highest BCUT2D eigenvalue weighted by molar-refractivity contribution is 5.93. The van der Waals surface area contributed by atoms with E-state index >= 15 is 0 Å². The Hall–Kier alpha value is -2.21. The maximum atomic E-state index is 12.7. The Kier molecular flexibility index (Phi) is 4.94. The molecule has 1 fully saturated rings. The molecule has 2 aromatic rings. The van der Waals surface area contributed by atoms with Crippen molar-refractivity contribution in [1.29, 1.82) is 0 Å². The number of amides is 1. The third-order valence-electron chi connectivity index (χ3n) is 4.67. The summed E-state index contributed by atoms with van der Waals surface area (Å²) in [6.07, 6.45) is 2.05. The monoisotopic (exact) mass is 327 g/mol. The predicted octanol–water partition coefficient (Wildman–Crippen LogP) is 2.09. The molecule has 1 aromatic heterocycles. The summed E-state index contributed by atoms with van der Waals surface area (Å²) < 4.78 is 1.92. The normalized spacial score (nSPS) is 15.5. The minimum absolute atomic E-state index is 0.0757. The van der Waals surface area contributed by atoms with E-state index in [0.29, 0.717) is 18.3 Å². The molecule has 1 aliphatic heterocycles. The molecule has 1 aromatic carbocycles. The van der Waals surface area contributed by atoms with Gasteiger partial charge in [-0.3, -0.25) is 4.79 Å². The van der Waals surface area contributed by atoms with E-state index in [2.05, 4.69) is 46.8 Å². The zero-order valence-corrected chi connectivity index (χ0v) is 14.6. The van der Waals surface area contributed by atoms with Crippen molar-refractivity contribution in [1.82, 2.24) is 25.2 Å². The maximum absolute atomic E-state index is 12.7. The van der Waals surface area contributed by atoms with Gasteiger partial charge in [0, 0.05) is 13.6 Å². The molecule has 0 bridgehead atoms. The van der Waals surface area contributed by atoms with Gasteiger partial charge in [-0.2, -0.15) is 0 Å². The van der Waals surface area contributed by atoms with Crippen molar-refractivity contribution in [3.63, 3.8) is 0 Å². The molecular weight excluding hydrogens is 302 g/mol. The molecule has 0 radical (unpaired) electrons. The Bertz CT molecular complexity index is 701. The highest BCUT2D eigenvalue weighted by Crippen LogP contribution is 2.21. The molecule has 0 aliphatic carbocycles. The number of rotatable bonds is 4. The Labute approximate surface area is 142 Å². The van der Waals surface area contributed by atoms with E-state index in [9.17, 15) is 4.79 Å². The van der Waals surface area contributed by atoms with Gasteiger partial charge in [0.15, 0.2) is 5.69 Å². The Morgan fingerprint density at radius 1 is 1.25 bits per heavy atom. The lowest BCUT2D eigenvalue weighted by molar-refractivity contribution is 0.0778. The van der Waals surface area contributed by atoms with Crippen molar-refractivity contribution in [3.8, 4) is 0 Å². The number of hydrogen-bond donors (Lipinski definition) is 1. The molecule has 0 spiro atoms. The van der Waals surface area contributed by atoms with Gasteiger partial charge in [0.25, 0.3) is 5.91 Å². The number of piperidine rings is 1. The molecule has 24 heavy (non-hydrogen) atoms. The molecule has 3 rings (SSSR count). The van der Waals surface area contributed by atoms with Gasteiger partial charge in [0.05, 0.1) is 11.7 Å². The number of nitrogens with zero attached hydrogens (tertiary/aromatic N) is 4. The second kappa shape index (κ2) is 7.13. The van der Waals surface area contributed by atoms with Crippen molar-refractivity contribution in [2.24, 2.45) is 0 Å². The second-order valence-corrected chi connectivity index (χ2v) is 6.60. The Balaban J connectivity index is 1.72. The minimum atomic E-state index is -0.0757. The second-order valence-electron chi connectivity index (χ2n) is 6.60. The number of carbonyl (C=O) groups is 1. The summed E-state index contributed by atoms with van der Waals surface area (Å²) in [5.41, 5.74) is 3.65. The van der Waals surface area contributed by atoms with Crippen LogP contribution in [0.15, 0.2) is 24.3 Å². The van der Waals surface area contributed by atoms with Gasteiger partial charge in [0.1, 0.15) is 0 Å². The summed E-state index contributed by atoms with van der Waals surface area (Å²) in [6, 6.07) is 8.57. The van der Waals surface area contributed by atoms with Crippen LogP contribution >= 0.6 is 0 Å². The minimum Gasteiger partial charge on any atom is -0.336 e. The summed E-state index contributed by atoms with van der Waals surface area (Å²) >= 11 is 0. The smallest absolute Gasteiger partial charge is 0.276 e. The molecule has 6 heteroatoms. The number of carbonyl (C=O) groups excluding carboxylic acids is 1. The van der Waals surface area contributed by atoms with E-state index in [1.54, 1.807) is 4.90 Å². The number of nitrogens with one attached hydrogen (secondary N) is 1. The summed E-state index contributed by atoms with van der Waals surface area (Å²) in [7, 11) is 1.81. The van der Waals surface area contributed by atoms with E-state index in [4.69, 9.17) is 0 Å². The van der Waals surface area contributed by atoms with Crippen molar-refractivity contribution in [3.05, 3.63) is 46.8 Å². The van der Waals surface area contributed by atoms with Crippen LogP contribution in [-0.2, 0) is 6.54 Å². The van der Waals surface area contributed by atoms with E-state index in [-0.39, 0.29) is 5.91 Å². The van der Waals surface area contributed by atoms with Crippen LogP contribution in [0.2, 0.25) is 0 Å². The quantitative estimate of drug-likeness (QED) is 0.934. The van der Waals surface area contributed by atoms with Crippen LogP contribution in [0.4, 0.5) is 0 Å². The number of aryl methyl sites for hydroxylation is 1. The van der Waals surface area contributed by atoms with Gasteiger partial charge in [0.2, 0.25) is 0 Å². The summed E-state index contributed by atoms with van der Waals surface area (Å²) in [5.74, 6) is -0.0757. The molecule has 1 N–H and O–H groups in total. The van der Waals surface area contributed by atoms with Crippen molar-refractivity contribution >= 4 is 5.91 Å². The van der Waals surface area contributed by atoms with Gasteiger partial charge < -0.3 is 10.2 Å². The van der Waals surface area contributed by atoms with E-state index in [0.717, 1.165) is 37.2 Å². The largest absolute Gasteiger partial charge is 0.336 e. The van der Waals surface area contributed by atoms with Gasteiger partial charge in [-0.05, 0) is 45.3 Å². The van der Waals surface area contributed by atoms with Crippen LogP contribution < -0.4 is 5.32 Å². The van der Waals surface area contributed by atoms with Gasteiger partial charge >= 0.3 is 0 Å². The Morgan fingerprint density at radius 2 is 1.92 bits per heavy atom. The van der Waals surface area contributed by atoms with Crippen molar-refractivity contribution in [2.75, 3.05) is 20.1 Å². The lowest BCUT2D eigenvalue weighted by Crippen LogP contribution is -2.30. The molecular formula is C18H25N5O. The third-order valence-corrected chi connectivity index (χ3v) is 4.67. The molecule has 128 valence electrons. The molecule has 0 unspecified atom stereocenters. The maximum Gasteiger partial charge on any atom is 0.276 e.